The van der Waals surface area contributed by atoms with Crippen LogP contribution in [-0.2, 0) is 4.79 Å². The van der Waals surface area contributed by atoms with Gasteiger partial charge in [-0.1, -0.05) is 35.9 Å². The summed E-state index contributed by atoms with van der Waals surface area (Å²) in [5.41, 5.74) is 0.451. The Morgan fingerprint density at radius 3 is 2.65 bits per heavy atom. The van der Waals surface area contributed by atoms with Crippen molar-refractivity contribution in [3.05, 3.63) is 64.9 Å². The Hall–Kier alpha value is -2.11. The molecule has 1 amide bonds. The van der Waals surface area contributed by atoms with Gasteiger partial charge in [-0.2, -0.15) is 0 Å². The SMILES string of the molecule is O=C(CCOc1ccccc1)NC(CO)c1ccc(Cl)c(F)c1. The molecule has 0 heterocycles. The molecule has 0 aliphatic heterocycles. The first kappa shape index (κ1) is 17.2. The number of carbonyl (C=O) groups excluding carboxylic acids is 1. The van der Waals surface area contributed by atoms with Crippen LogP contribution >= 0.6 is 11.6 Å². The van der Waals surface area contributed by atoms with E-state index in [0.717, 1.165) is 0 Å². The van der Waals surface area contributed by atoms with Gasteiger partial charge < -0.3 is 15.2 Å². The predicted molar refractivity (Wildman–Crippen MR) is 85.9 cm³/mol. The average Bonchev–Trinajstić information content (AvgIpc) is 2.56. The summed E-state index contributed by atoms with van der Waals surface area (Å²) in [6, 6.07) is 12.6. The lowest BCUT2D eigenvalue weighted by atomic mass is 10.1. The highest BCUT2D eigenvalue weighted by Crippen LogP contribution is 2.20. The van der Waals surface area contributed by atoms with Crippen molar-refractivity contribution in [3.63, 3.8) is 0 Å². The largest absolute Gasteiger partial charge is 0.493 e. The van der Waals surface area contributed by atoms with E-state index in [1.807, 2.05) is 18.2 Å². The highest BCUT2D eigenvalue weighted by atomic mass is 35.5. The Kier molecular flexibility index (Phi) is 6.38. The van der Waals surface area contributed by atoms with Crippen molar-refractivity contribution >= 4 is 17.5 Å². The van der Waals surface area contributed by atoms with Crippen LogP contribution in [0.4, 0.5) is 4.39 Å². The van der Waals surface area contributed by atoms with Gasteiger partial charge in [0.1, 0.15) is 11.6 Å². The third kappa shape index (κ3) is 5.23. The molecule has 6 heteroatoms. The summed E-state index contributed by atoms with van der Waals surface area (Å²) in [5, 5.41) is 12.0. The average molecular weight is 338 g/mol. The van der Waals surface area contributed by atoms with Gasteiger partial charge in [-0.05, 0) is 29.8 Å². The molecule has 0 radical (unpaired) electrons. The molecule has 0 aliphatic rings. The van der Waals surface area contributed by atoms with E-state index in [1.54, 1.807) is 18.2 Å². The number of amides is 1. The first-order valence-corrected chi connectivity index (χ1v) is 7.51. The summed E-state index contributed by atoms with van der Waals surface area (Å²) in [6.45, 7) is -0.130. The molecule has 1 unspecified atom stereocenters. The second kappa shape index (κ2) is 8.50. The van der Waals surface area contributed by atoms with E-state index in [-0.39, 0.29) is 30.6 Å². The highest BCUT2D eigenvalue weighted by molar-refractivity contribution is 6.30. The summed E-state index contributed by atoms with van der Waals surface area (Å²) in [7, 11) is 0. The fourth-order valence-electron chi connectivity index (χ4n) is 2.01. The van der Waals surface area contributed by atoms with E-state index in [1.165, 1.54) is 12.1 Å². The Balaban J connectivity index is 1.85. The van der Waals surface area contributed by atoms with Crippen LogP contribution in [0.5, 0.6) is 5.75 Å². The smallest absolute Gasteiger partial charge is 0.223 e. The lowest BCUT2D eigenvalue weighted by molar-refractivity contribution is -0.122. The number of aliphatic hydroxyl groups is 1. The van der Waals surface area contributed by atoms with Crippen LogP contribution in [-0.4, -0.2) is 24.2 Å². The van der Waals surface area contributed by atoms with E-state index in [2.05, 4.69) is 5.32 Å². The fourth-order valence-corrected chi connectivity index (χ4v) is 2.13. The molecule has 2 N–H and O–H groups in total. The maximum Gasteiger partial charge on any atom is 0.223 e. The lowest BCUT2D eigenvalue weighted by Crippen LogP contribution is -2.31. The van der Waals surface area contributed by atoms with Crippen LogP contribution in [0, 0.1) is 5.82 Å². The Morgan fingerprint density at radius 1 is 1.26 bits per heavy atom. The van der Waals surface area contributed by atoms with Crippen molar-refractivity contribution in [2.75, 3.05) is 13.2 Å². The highest BCUT2D eigenvalue weighted by Gasteiger charge is 2.15. The number of aliphatic hydroxyl groups excluding tert-OH is 1. The van der Waals surface area contributed by atoms with Gasteiger partial charge in [0, 0.05) is 0 Å². The molecule has 0 fully saturated rings. The maximum atomic E-state index is 13.5. The van der Waals surface area contributed by atoms with Gasteiger partial charge in [-0.3, -0.25) is 4.79 Å². The molecular weight excluding hydrogens is 321 g/mol. The van der Waals surface area contributed by atoms with E-state index >= 15 is 0 Å². The molecule has 0 bridgehead atoms. The number of benzene rings is 2. The van der Waals surface area contributed by atoms with Crippen LogP contribution in [0.1, 0.15) is 18.0 Å². The third-order valence-corrected chi connectivity index (χ3v) is 3.51. The number of carbonyl (C=O) groups is 1. The van der Waals surface area contributed by atoms with Gasteiger partial charge in [0.25, 0.3) is 0 Å². The normalized spacial score (nSPS) is 11.8. The summed E-state index contributed by atoms with van der Waals surface area (Å²) in [5.74, 6) is -0.210. The molecule has 0 saturated heterocycles. The summed E-state index contributed by atoms with van der Waals surface area (Å²) >= 11 is 5.62. The topological polar surface area (TPSA) is 58.6 Å². The molecule has 0 saturated carbocycles. The molecular formula is C17H17ClFNO3. The first-order valence-electron chi connectivity index (χ1n) is 7.13. The van der Waals surface area contributed by atoms with Crippen molar-refractivity contribution in [2.24, 2.45) is 0 Å². The van der Waals surface area contributed by atoms with Gasteiger partial charge >= 0.3 is 0 Å². The molecule has 2 aromatic rings. The molecule has 2 aromatic carbocycles. The standard InChI is InChI=1S/C17H17ClFNO3/c18-14-7-6-12(10-15(14)19)16(11-21)20-17(22)8-9-23-13-4-2-1-3-5-13/h1-7,10,16,21H,8-9,11H2,(H,20,22). The second-order valence-corrected chi connectivity index (χ2v) is 5.29. The zero-order valence-corrected chi connectivity index (χ0v) is 13.1. The molecule has 0 aromatic heterocycles. The number of hydrogen-bond acceptors (Lipinski definition) is 3. The number of nitrogens with one attached hydrogen (secondary N) is 1. The van der Waals surface area contributed by atoms with Gasteiger partial charge in [-0.15, -0.1) is 0 Å². The van der Waals surface area contributed by atoms with Gasteiger partial charge in [-0.25, -0.2) is 4.39 Å². The number of halogens is 2. The predicted octanol–water partition coefficient (Wildman–Crippen LogP) is 3.10. The second-order valence-electron chi connectivity index (χ2n) is 4.89. The van der Waals surface area contributed by atoms with Crippen molar-refractivity contribution in [1.82, 2.24) is 5.32 Å². The van der Waals surface area contributed by atoms with E-state index in [9.17, 15) is 14.3 Å². The molecule has 4 nitrogen and oxygen atoms in total. The number of hydrogen-bond donors (Lipinski definition) is 2. The minimum absolute atomic E-state index is 0.00646. The molecule has 0 spiro atoms. The van der Waals surface area contributed by atoms with E-state index in [4.69, 9.17) is 16.3 Å². The Labute approximate surface area is 138 Å². The Bertz CT molecular complexity index is 652. The minimum Gasteiger partial charge on any atom is -0.493 e. The number of ether oxygens (including phenoxy) is 1. The zero-order chi connectivity index (χ0) is 16.7. The molecule has 23 heavy (non-hydrogen) atoms. The number of rotatable bonds is 7. The molecule has 122 valence electrons. The van der Waals surface area contributed by atoms with Gasteiger partial charge in [0.2, 0.25) is 5.91 Å². The maximum absolute atomic E-state index is 13.5. The molecule has 0 aliphatic carbocycles. The number of para-hydroxylation sites is 1. The first-order chi connectivity index (χ1) is 11.1. The van der Waals surface area contributed by atoms with Crippen molar-refractivity contribution in [3.8, 4) is 5.75 Å². The summed E-state index contributed by atoms with van der Waals surface area (Å²) in [4.78, 5) is 11.9. The van der Waals surface area contributed by atoms with Crippen LogP contribution in [0.25, 0.3) is 0 Å². The molecule has 2 rings (SSSR count). The Morgan fingerprint density at radius 2 is 2.00 bits per heavy atom. The van der Waals surface area contributed by atoms with Crippen LogP contribution in [0.3, 0.4) is 0 Å². The lowest BCUT2D eigenvalue weighted by Gasteiger charge is -2.17. The van der Waals surface area contributed by atoms with Crippen molar-refractivity contribution < 1.29 is 19.0 Å². The van der Waals surface area contributed by atoms with Gasteiger partial charge in [0.15, 0.2) is 0 Å². The third-order valence-electron chi connectivity index (χ3n) is 3.20. The van der Waals surface area contributed by atoms with Crippen LogP contribution in [0.2, 0.25) is 5.02 Å². The summed E-state index contributed by atoms with van der Waals surface area (Å²) < 4.78 is 18.9. The van der Waals surface area contributed by atoms with Crippen LogP contribution < -0.4 is 10.1 Å². The van der Waals surface area contributed by atoms with E-state index < -0.39 is 11.9 Å². The minimum atomic E-state index is -0.689. The molecule has 1 atom stereocenters. The van der Waals surface area contributed by atoms with Crippen molar-refractivity contribution in [1.29, 1.82) is 0 Å². The van der Waals surface area contributed by atoms with Crippen LogP contribution in [0.15, 0.2) is 48.5 Å². The fraction of sp³-hybridized carbons (Fsp3) is 0.235. The van der Waals surface area contributed by atoms with Crippen molar-refractivity contribution in [2.45, 2.75) is 12.5 Å². The van der Waals surface area contributed by atoms with E-state index in [0.29, 0.717) is 11.3 Å². The van der Waals surface area contributed by atoms with Gasteiger partial charge in [0.05, 0.1) is 30.7 Å². The zero-order valence-electron chi connectivity index (χ0n) is 12.3. The summed E-state index contributed by atoms with van der Waals surface area (Å²) in [6.07, 6.45) is 0.126. The monoisotopic (exact) mass is 337 g/mol. The quantitative estimate of drug-likeness (QED) is 0.816.